The SMILES string of the molecule is C/C(=C/C(=O)c1ccccc1F)N(C)C. The van der Waals surface area contributed by atoms with Crippen LogP contribution in [0, 0.1) is 5.82 Å². The molecule has 0 aliphatic heterocycles. The first-order valence-corrected chi connectivity index (χ1v) is 4.67. The Morgan fingerprint density at radius 2 is 1.93 bits per heavy atom. The minimum Gasteiger partial charge on any atom is -0.381 e. The molecule has 0 N–H and O–H groups in total. The molecule has 1 rings (SSSR count). The van der Waals surface area contributed by atoms with Crippen molar-refractivity contribution in [2.75, 3.05) is 14.1 Å². The van der Waals surface area contributed by atoms with Crippen molar-refractivity contribution in [1.29, 1.82) is 0 Å². The predicted molar refractivity (Wildman–Crippen MR) is 58.2 cm³/mol. The van der Waals surface area contributed by atoms with Crippen molar-refractivity contribution in [1.82, 2.24) is 4.90 Å². The van der Waals surface area contributed by atoms with Crippen molar-refractivity contribution in [3.63, 3.8) is 0 Å². The smallest absolute Gasteiger partial charge is 0.190 e. The molecule has 0 aromatic heterocycles. The van der Waals surface area contributed by atoms with Crippen LogP contribution >= 0.6 is 0 Å². The summed E-state index contributed by atoms with van der Waals surface area (Å²) in [5.41, 5.74) is 0.905. The van der Waals surface area contributed by atoms with Crippen LogP contribution in [0.1, 0.15) is 17.3 Å². The molecule has 0 spiro atoms. The summed E-state index contributed by atoms with van der Waals surface area (Å²) in [5.74, 6) is -0.787. The lowest BCUT2D eigenvalue weighted by Crippen LogP contribution is -2.10. The predicted octanol–water partition coefficient (Wildman–Crippen LogP) is 2.47. The summed E-state index contributed by atoms with van der Waals surface area (Å²) in [4.78, 5) is 13.4. The second-order valence-corrected chi connectivity index (χ2v) is 3.52. The van der Waals surface area contributed by atoms with Gasteiger partial charge in [0.1, 0.15) is 5.82 Å². The fraction of sp³-hybridized carbons (Fsp3) is 0.250. The summed E-state index contributed by atoms with van der Waals surface area (Å²) in [7, 11) is 3.67. The maximum Gasteiger partial charge on any atom is 0.190 e. The van der Waals surface area contributed by atoms with E-state index in [0.717, 1.165) is 5.70 Å². The van der Waals surface area contributed by atoms with E-state index in [1.165, 1.54) is 18.2 Å². The van der Waals surface area contributed by atoms with E-state index in [2.05, 4.69) is 0 Å². The Bertz CT molecular complexity index is 396. The summed E-state index contributed by atoms with van der Waals surface area (Å²) in [6.45, 7) is 1.80. The van der Waals surface area contributed by atoms with Crippen LogP contribution in [0.2, 0.25) is 0 Å². The first-order valence-electron chi connectivity index (χ1n) is 4.67. The van der Waals surface area contributed by atoms with Crippen molar-refractivity contribution < 1.29 is 9.18 Å². The molecule has 0 unspecified atom stereocenters. The van der Waals surface area contributed by atoms with Crippen LogP contribution in [0.25, 0.3) is 0 Å². The van der Waals surface area contributed by atoms with Gasteiger partial charge in [-0.2, -0.15) is 0 Å². The van der Waals surface area contributed by atoms with Crippen molar-refractivity contribution >= 4 is 5.78 Å². The van der Waals surface area contributed by atoms with Gasteiger partial charge in [0.25, 0.3) is 0 Å². The molecule has 80 valence electrons. The van der Waals surface area contributed by atoms with Crippen LogP contribution in [-0.2, 0) is 0 Å². The highest BCUT2D eigenvalue weighted by atomic mass is 19.1. The highest BCUT2D eigenvalue weighted by Crippen LogP contribution is 2.09. The highest BCUT2D eigenvalue weighted by Gasteiger charge is 2.08. The summed E-state index contributed by atoms with van der Waals surface area (Å²) < 4.78 is 13.2. The van der Waals surface area contributed by atoms with Crippen LogP contribution in [0.4, 0.5) is 4.39 Å². The zero-order valence-electron chi connectivity index (χ0n) is 9.12. The van der Waals surface area contributed by atoms with Gasteiger partial charge in [0.2, 0.25) is 0 Å². The molecule has 0 atom stereocenters. The van der Waals surface area contributed by atoms with Crippen molar-refractivity contribution in [3.8, 4) is 0 Å². The van der Waals surface area contributed by atoms with E-state index in [4.69, 9.17) is 0 Å². The molecule has 2 nitrogen and oxygen atoms in total. The van der Waals surface area contributed by atoms with Gasteiger partial charge >= 0.3 is 0 Å². The molecule has 0 radical (unpaired) electrons. The molecule has 3 heteroatoms. The van der Waals surface area contributed by atoms with E-state index in [1.54, 1.807) is 24.0 Å². The molecule has 0 heterocycles. The number of nitrogens with zero attached hydrogens (tertiary/aromatic N) is 1. The molecule has 1 aromatic rings. The Morgan fingerprint density at radius 3 is 2.47 bits per heavy atom. The second-order valence-electron chi connectivity index (χ2n) is 3.52. The van der Waals surface area contributed by atoms with Gasteiger partial charge in [-0.15, -0.1) is 0 Å². The maximum atomic E-state index is 13.2. The van der Waals surface area contributed by atoms with E-state index in [1.807, 2.05) is 14.1 Å². The van der Waals surface area contributed by atoms with Crippen LogP contribution in [0.5, 0.6) is 0 Å². The van der Waals surface area contributed by atoms with Crippen LogP contribution in [0.3, 0.4) is 0 Å². The Morgan fingerprint density at radius 1 is 1.33 bits per heavy atom. The summed E-state index contributed by atoms with van der Waals surface area (Å²) in [6.07, 6.45) is 1.43. The number of benzene rings is 1. The molecular formula is C12H14FNO. The third-order valence-electron chi connectivity index (χ3n) is 2.18. The first-order chi connectivity index (χ1) is 7.02. The van der Waals surface area contributed by atoms with Gasteiger partial charge in [-0.1, -0.05) is 12.1 Å². The number of carbonyl (C=O) groups excluding carboxylic acids is 1. The van der Waals surface area contributed by atoms with Gasteiger partial charge in [0.05, 0.1) is 5.56 Å². The van der Waals surface area contributed by atoms with E-state index in [9.17, 15) is 9.18 Å². The standard InChI is InChI=1S/C12H14FNO/c1-9(14(2)3)8-12(15)10-6-4-5-7-11(10)13/h4-8H,1-3H3/b9-8-. The molecule has 0 bridgehead atoms. The second kappa shape index (κ2) is 4.73. The third kappa shape index (κ3) is 2.91. The van der Waals surface area contributed by atoms with Gasteiger partial charge < -0.3 is 4.90 Å². The Balaban J connectivity index is 2.97. The number of allylic oxidation sites excluding steroid dienone is 2. The zero-order valence-corrected chi connectivity index (χ0v) is 9.12. The van der Waals surface area contributed by atoms with Crippen LogP contribution in [-0.4, -0.2) is 24.8 Å². The van der Waals surface area contributed by atoms with Crippen LogP contribution in [0.15, 0.2) is 36.0 Å². The van der Waals surface area contributed by atoms with E-state index >= 15 is 0 Å². The van der Waals surface area contributed by atoms with Gasteiger partial charge in [0, 0.05) is 25.9 Å². The Hall–Kier alpha value is -1.64. The van der Waals surface area contributed by atoms with Crippen molar-refractivity contribution in [3.05, 3.63) is 47.4 Å². The molecular weight excluding hydrogens is 193 g/mol. The van der Waals surface area contributed by atoms with E-state index < -0.39 is 5.82 Å². The minimum absolute atomic E-state index is 0.110. The van der Waals surface area contributed by atoms with Gasteiger partial charge in [-0.25, -0.2) is 4.39 Å². The monoisotopic (exact) mass is 207 g/mol. The normalized spacial score (nSPS) is 11.3. The molecule has 1 aromatic carbocycles. The lowest BCUT2D eigenvalue weighted by molar-refractivity contribution is 0.104. The van der Waals surface area contributed by atoms with Gasteiger partial charge in [-0.05, 0) is 19.1 Å². The van der Waals surface area contributed by atoms with Crippen molar-refractivity contribution in [2.24, 2.45) is 0 Å². The first kappa shape index (κ1) is 11.4. The molecule has 0 saturated carbocycles. The van der Waals surface area contributed by atoms with E-state index in [0.29, 0.717) is 0 Å². The van der Waals surface area contributed by atoms with Gasteiger partial charge in [-0.3, -0.25) is 4.79 Å². The average Bonchev–Trinajstić information content (AvgIpc) is 2.18. The summed E-state index contributed by atoms with van der Waals surface area (Å²) in [6, 6.07) is 5.98. The van der Waals surface area contributed by atoms with Crippen LogP contribution < -0.4 is 0 Å². The zero-order chi connectivity index (χ0) is 11.4. The summed E-state index contributed by atoms with van der Waals surface area (Å²) in [5, 5.41) is 0. The largest absolute Gasteiger partial charge is 0.381 e. The number of ketones is 1. The number of hydrogen-bond acceptors (Lipinski definition) is 2. The Labute approximate surface area is 89.0 Å². The highest BCUT2D eigenvalue weighted by molar-refractivity contribution is 6.04. The number of hydrogen-bond donors (Lipinski definition) is 0. The molecule has 0 amide bonds. The lowest BCUT2D eigenvalue weighted by Gasteiger charge is -2.11. The van der Waals surface area contributed by atoms with Gasteiger partial charge in [0.15, 0.2) is 5.78 Å². The maximum absolute atomic E-state index is 13.2. The topological polar surface area (TPSA) is 20.3 Å². The van der Waals surface area contributed by atoms with E-state index in [-0.39, 0.29) is 11.3 Å². The fourth-order valence-electron chi connectivity index (χ4n) is 1.06. The molecule has 0 aliphatic carbocycles. The molecule has 15 heavy (non-hydrogen) atoms. The minimum atomic E-state index is -0.481. The molecule has 0 aliphatic rings. The molecule has 0 saturated heterocycles. The average molecular weight is 207 g/mol. The number of carbonyl (C=O) groups is 1. The number of rotatable bonds is 3. The quantitative estimate of drug-likeness (QED) is 0.560. The summed E-state index contributed by atoms with van der Waals surface area (Å²) >= 11 is 0. The fourth-order valence-corrected chi connectivity index (χ4v) is 1.06. The van der Waals surface area contributed by atoms with Crippen molar-refractivity contribution in [2.45, 2.75) is 6.92 Å². The molecule has 0 fully saturated rings. The number of halogens is 1. The lowest BCUT2D eigenvalue weighted by atomic mass is 10.1. The third-order valence-corrected chi connectivity index (χ3v) is 2.18. The Kier molecular flexibility index (Phi) is 3.61.